The Morgan fingerprint density at radius 3 is 2.45 bits per heavy atom. The number of nitrogens with one attached hydrogen (secondary N) is 1. The molecule has 3 saturated heterocycles. The molecule has 29 heavy (non-hydrogen) atoms. The minimum Gasteiger partial charge on any atom is -0.450 e. The van der Waals surface area contributed by atoms with Crippen molar-refractivity contribution in [3.63, 3.8) is 0 Å². The molecule has 3 fully saturated rings. The van der Waals surface area contributed by atoms with Gasteiger partial charge in [0.05, 0.1) is 6.61 Å². The molecule has 3 aliphatic heterocycles. The number of hydrogen-bond donors (Lipinski definition) is 1. The normalized spacial score (nSPS) is 29.5. The fraction of sp³-hybridized carbons (Fsp3) is 0.636. The van der Waals surface area contributed by atoms with Crippen molar-refractivity contribution in [1.82, 2.24) is 15.1 Å². The maximum absolute atomic E-state index is 13.1. The fourth-order valence-electron chi connectivity index (χ4n) is 5.27. The second-order valence-corrected chi connectivity index (χ2v) is 8.43. The number of piperidine rings is 2. The first-order valence-corrected chi connectivity index (χ1v) is 10.8. The number of carbonyl (C=O) groups excluding carboxylic acids is 2. The van der Waals surface area contributed by atoms with Gasteiger partial charge < -0.3 is 15.0 Å². The van der Waals surface area contributed by atoms with E-state index in [9.17, 15) is 14.0 Å². The van der Waals surface area contributed by atoms with Crippen molar-refractivity contribution < 1.29 is 18.7 Å². The van der Waals surface area contributed by atoms with Crippen LogP contribution in [0.1, 0.15) is 55.8 Å². The molecule has 6 nitrogen and oxygen atoms in total. The summed E-state index contributed by atoms with van der Waals surface area (Å²) < 4.78 is 18.3. The lowest BCUT2D eigenvalue weighted by Gasteiger charge is -2.45. The van der Waals surface area contributed by atoms with E-state index in [1.807, 2.05) is 11.8 Å². The average molecular weight is 403 g/mol. The maximum Gasteiger partial charge on any atom is 0.410 e. The highest BCUT2D eigenvalue weighted by Crippen LogP contribution is 2.38. The first kappa shape index (κ1) is 20.1. The molecule has 7 heteroatoms. The molecule has 2 bridgehead atoms. The van der Waals surface area contributed by atoms with Crippen LogP contribution in [0.15, 0.2) is 24.3 Å². The summed E-state index contributed by atoms with van der Waals surface area (Å²) in [5.41, 5.74) is 0.490. The molecule has 2 amide bonds. The van der Waals surface area contributed by atoms with E-state index in [1.54, 1.807) is 0 Å². The Hall–Kier alpha value is -2.15. The topological polar surface area (TPSA) is 61.9 Å². The summed E-state index contributed by atoms with van der Waals surface area (Å²) in [5.74, 6) is -0.483. The standard InChI is InChI=1S/C22H30FN3O3/c1-2-29-22(28)26-18-9-10-19(26)13-20(12-18)25-11-3-4-17(14-25)24-21(27)15-5-7-16(23)8-6-15/h5-8,17-20H,2-4,9-14H2,1H3,(H,24,27)/t17-,18?,19?,20?/m1/s1. The van der Waals surface area contributed by atoms with Crippen LogP contribution in [0.25, 0.3) is 0 Å². The molecule has 1 N–H and O–H groups in total. The van der Waals surface area contributed by atoms with E-state index in [0.29, 0.717) is 18.2 Å². The molecule has 0 aromatic heterocycles. The summed E-state index contributed by atoms with van der Waals surface area (Å²) in [5, 5.41) is 3.12. The van der Waals surface area contributed by atoms with Gasteiger partial charge in [-0.2, -0.15) is 0 Å². The third-order valence-electron chi connectivity index (χ3n) is 6.60. The van der Waals surface area contributed by atoms with Crippen LogP contribution in [0, 0.1) is 5.82 Å². The molecule has 158 valence electrons. The highest BCUT2D eigenvalue weighted by Gasteiger charge is 2.45. The number of nitrogens with zero attached hydrogens (tertiary/aromatic N) is 2. The molecular formula is C22H30FN3O3. The highest BCUT2D eigenvalue weighted by molar-refractivity contribution is 5.94. The predicted molar refractivity (Wildman–Crippen MR) is 107 cm³/mol. The minimum atomic E-state index is -0.339. The molecule has 1 aromatic rings. The van der Waals surface area contributed by atoms with Crippen LogP contribution in [-0.4, -0.2) is 65.7 Å². The number of hydrogen-bond acceptors (Lipinski definition) is 4. The molecule has 3 atom stereocenters. The van der Waals surface area contributed by atoms with Gasteiger partial charge in [0.2, 0.25) is 0 Å². The SMILES string of the molecule is CCOC(=O)N1C2CCC1CC(N1CCC[C@@H](NC(=O)c3ccc(F)cc3)C1)C2. The molecule has 0 aliphatic carbocycles. The first-order valence-electron chi connectivity index (χ1n) is 10.8. The zero-order valence-electron chi connectivity index (χ0n) is 17.0. The summed E-state index contributed by atoms with van der Waals surface area (Å²) >= 11 is 0. The minimum absolute atomic E-state index is 0.0991. The highest BCUT2D eigenvalue weighted by atomic mass is 19.1. The van der Waals surface area contributed by atoms with Crippen LogP contribution in [0.5, 0.6) is 0 Å². The van der Waals surface area contributed by atoms with Crippen LogP contribution < -0.4 is 5.32 Å². The summed E-state index contributed by atoms with van der Waals surface area (Å²) in [6.45, 7) is 4.13. The molecule has 0 spiro atoms. The van der Waals surface area contributed by atoms with Crippen LogP contribution in [0.4, 0.5) is 9.18 Å². The Kier molecular flexibility index (Phi) is 6.04. The second-order valence-electron chi connectivity index (χ2n) is 8.43. The van der Waals surface area contributed by atoms with Gasteiger partial charge in [0.15, 0.2) is 0 Å². The summed E-state index contributed by atoms with van der Waals surface area (Å²) in [7, 11) is 0. The van der Waals surface area contributed by atoms with Crippen molar-refractivity contribution in [3.8, 4) is 0 Å². The van der Waals surface area contributed by atoms with E-state index in [2.05, 4.69) is 10.2 Å². The van der Waals surface area contributed by atoms with Gasteiger partial charge in [0.1, 0.15) is 5.82 Å². The average Bonchev–Trinajstić information content (AvgIpc) is 2.98. The summed E-state index contributed by atoms with van der Waals surface area (Å²) in [6, 6.07) is 6.76. The van der Waals surface area contributed by atoms with Crippen molar-refractivity contribution in [1.29, 1.82) is 0 Å². The van der Waals surface area contributed by atoms with Crippen molar-refractivity contribution in [2.75, 3.05) is 19.7 Å². The van der Waals surface area contributed by atoms with Crippen molar-refractivity contribution >= 4 is 12.0 Å². The number of halogens is 1. The lowest BCUT2D eigenvalue weighted by molar-refractivity contribution is 0.0309. The van der Waals surface area contributed by atoms with Crippen molar-refractivity contribution in [2.24, 2.45) is 0 Å². The van der Waals surface area contributed by atoms with E-state index < -0.39 is 0 Å². The van der Waals surface area contributed by atoms with Gasteiger partial charge >= 0.3 is 6.09 Å². The number of fused-ring (bicyclic) bond motifs is 2. The van der Waals surface area contributed by atoms with Crippen LogP contribution in [-0.2, 0) is 4.74 Å². The third-order valence-corrected chi connectivity index (χ3v) is 6.60. The monoisotopic (exact) mass is 403 g/mol. The molecule has 1 aromatic carbocycles. The lowest BCUT2D eigenvalue weighted by Crippen LogP contribution is -2.56. The molecule has 3 heterocycles. The van der Waals surface area contributed by atoms with E-state index in [4.69, 9.17) is 4.74 Å². The van der Waals surface area contributed by atoms with Crippen LogP contribution in [0.2, 0.25) is 0 Å². The van der Waals surface area contributed by atoms with Crippen LogP contribution in [0.3, 0.4) is 0 Å². The fourth-order valence-corrected chi connectivity index (χ4v) is 5.27. The second kappa shape index (κ2) is 8.69. The predicted octanol–water partition coefficient (Wildman–Crippen LogP) is 3.17. The van der Waals surface area contributed by atoms with Gasteiger partial charge in [-0.15, -0.1) is 0 Å². The van der Waals surface area contributed by atoms with Crippen molar-refractivity contribution in [2.45, 2.75) is 69.6 Å². The zero-order valence-corrected chi connectivity index (χ0v) is 17.0. The molecule has 0 radical (unpaired) electrons. The third kappa shape index (κ3) is 4.39. The number of amides is 2. The first-order chi connectivity index (χ1) is 14.0. The number of ether oxygens (including phenoxy) is 1. The van der Waals surface area contributed by atoms with Gasteiger partial charge in [0.25, 0.3) is 5.91 Å². The smallest absolute Gasteiger partial charge is 0.410 e. The van der Waals surface area contributed by atoms with Crippen LogP contribution >= 0.6 is 0 Å². The Bertz CT molecular complexity index is 727. The van der Waals surface area contributed by atoms with Gasteiger partial charge in [-0.1, -0.05) is 0 Å². The largest absolute Gasteiger partial charge is 0.450 e. The van der Waals surface area contributed by atoms with Crippen molar-refractivity contribution in [3.05, 3.63) is 35.6 Å². The summed E-state index contributed by atoms with van der Waals surface area (Å²) in [4.78, 5) is 29.2. The number of carbonyl (C=O) groups is 2. The van der Waals surface area contributed by atoms with E-state index in [1.165, 1.54) is 24.3 Å². The Balaban J connectivity index is 1.34. The Labute approximate surface area is 171 Å². The quantitative estimate of drug-likeness (QED) is 0.839. The lowest BCUT2D eigenvalue weighted by atomic mass is 9.93. The van der Waals surface area contributed by atoms with Gasteiger partial charge in [0, 0.05) is 36.3 Å². The van der Waals surface area contributed by atoms with Gasteiger partial charge in [-0.3, -0.25) is 9.69 Å². The zero-order chi connectivity index (χ0) is 20.4. The van der Waals surface area contributed by atoms with Gasteiger partial charge in [-0.05, 0) is 76.3 Å². The van der Waals surface area contributed by atoms with E-state index >= 15 is 0 Å². The molecule has 3 aliphatic rings. The molecule has 4 rings (SSSR count). The maximum atomic E-state index is 13.1. The Morgan fingerprint density at radius 2 is 1.79 bits per heavy atom. The summed E-state index contributed by atoms with van der Waals surface area (Å²) in [6.07, 6.45) is 5.90. The number of rotatable bonds is 4. The molecule has 0 saturated carbocycles. The van der Waals surface area contributed by atoms with E-state index in [0.717, 1.165) is 51.6 Å². The van der Waals surface area contributed by atoms with Gasteiger partial charge in [-0.25, -0.2) is 9.18 Å². The Morgan fingerprint density at radius 1 is 1.10 bits per heavy atom. The molecular weight excluding hydrogens is 373 g/mol. The number of benzene rings is 1. The van der Waals surface area contributed by atoms with E-state index in [-0.39, 0.29) is 35.9 Å². The molecule has 2 unspecified atom stereocenters. The number of likely N-dealkylation sites (tertiary alicyclic amines) is 1.